The molecular formula is C28H29Cl. The van der Waals surface area contributed by atoms with Crippen molar-refractivity contribution in [3.05, 3.63) is 82.9 Å². The Bertz CT molecular complexity index is 1220. The lowest BCUT2D eigenvalue weighted by atomic mass is 9.77. The molecule has 0 aromatic heterocycles. The highest BCUT2D eigenvalue weighted by Crippen LogP contribution is 2.45. The van der Waals surface area contributed by atoms with Gasteiger partial charge in [0, 0.05) is 10.9 Å². The summed E-state index contributed by atoms with van der Waals surface area (Å²) in [5.41, 5.74) is 5.07. The molecule has 0 heterocycles. The summed E-state index contributed by atoms with van der Waals surface area (Å²) in [7, 11) is 0. The van der Waals surface area contributed by atoms with Crippen LogP contribution in [0.3, 0.4) is 0 Å². The van der Waals surface area contributed by atoms with Crippen molar-refractivity contribution in [1.82, 2.24) is 0 Å². The maximum absolute atomic E-state index is 7.07. The van der Waals surface area contributed by atoms with E-state index in [4.69, 9.17) is 11.6 Å². The highest BCUT2D eigenvalue weighted by Gasteiger charge is 2.26. The van der Waals surface area contributed by atoms with Gasteiger partial charge in [0.1, 0.15) is 0 Å². The molecule has 0 N–H and O–H groups in total. The van der Waals surface area contributed by atoms with Gasteiger partial charge in [-0.25, -0.2) is 0 Å². The molecule has 0 atom stereocenters. The summed E-state index contributed by atoms with van der Waals surface area (Å²) in [6.45, 7) is 13.7. The zero-order valence-corrected chi connectivity index (χ0v) is 19.0. The van der Waals surface area contributed by atoms with Crippen LogP contribution in [0.15, 0.2) is 66.7 Å². The Morgan fingerprint density at radius 1 is 0.586 bits per heavy atom. The zero-order valence-electron chi connectivity index (χ0n) is 18.2. The molecule has 0 bridgehead atoms. The molecule has 148 valence electrons. The molecule has 0 nitrogen and oxygen atoms in total. The summed E-state index contributed by atoms with van der Waals surface area (Å²) >= 11 is 7.07. The lowest BCUT2D eigenvalue weighted by Gasteiger charge is -2.28. The molecule has 0 fully saturated rings. The van der Waals surface area contributed by atoms with E-state index < -0.39 is 0 Å². The van der Waals surface area contributed by atoms with Gasteiger partial charge in [-0.3, -0.25) is 0 Å². The van der Waals surface area contributed by atoms with E-state index >= 15 is 0 Å². The van der Waals surface area contributed by atoms with Gasteiger partial charge in [-0.05, 0) is 49.7 Å². The third-order valence-corrected chi connectivity index (χ3v) is 6.16. The molecule has 0 saturated heterocycles. The van der Waals surface area contributed by atoms with E-state index in [1.165, 1.54) is 32.8 Å². The fourth-order valence-electron chi connectivity index (χ4n) is 4.46. The van der Waals surface area contributed by atoms with Crippen LogP contribution in [0.2, 0.25) is 5.02 Å². The minimum Gasteiger partial charge on any atom is -0.0830 e. The number of benzene rings is 4. The lowest BCUT2D eigenvalue weighted by molar-refractivity contribution is 0.595. The van der Waals surface area contributed by atoms with Crippen LogP contribution in [0.25, 0.3) is 32.7 Å². The van der Waals surface area contributed by atoms with Crippen molar-refractivity contribution in [3.63, 3.8) is 0 Å². The molecule has 0 aliphatic carbocycles. The second-order valence-corrected chi connectivity index (χ2v) is 10.4. The Hall–Kier alpha value is -2.31. The van der Waals surface area contributed by atoms with Gasteiger partial charge in [-0.2, -0.15) is 0 Å². The quantitative estimate of drug-likeness (QED) is 0.299. The van der Waals surface area contributed by atoms with Crippen molar-refractivity contribution < 1.29 is 0 Å². The van der Waals surface area contributed by atoms with E-state index in [1.807, 2.05) is 0 Å². The highest BCUT2D eigenvalue weighted by molar-refractivity contribution is 6.38. The number of halogens is 1. The minimum absolute atomic E-state index is 0.00688. The van der Waals surface area contributed by atoms with Gasteiger partial charge >= 0.3 is 0 Å². The molecule has 0 saturated carbocycles. The van der Waals surface area contributed by atoms with Gasteiger partial charge < -0.3 is 0 Å². The Labute approximate surface area is 179 Å². The number of hydrogen-bond donors (Lipinski definition) is 0. The van der Waals surface area contributed by atoms with E-state index in [-0.39, 0.29) is 10.8 Å². The Morgan fingerprint density at radius 3 is 1.79 bits per heavy atom. The van der Waals surface area contributed by atoms with Crippen LogP contribution in [-0.2, 0) is 10.8 Å². The minimum atomic E-state index is -0.00688. The van der Waals surface area contributed by atoms with Crippen LogP contribution >= 0.6 is 11.6 Å². The van der Waals surface area contributed by atoms with E-state index in [1.54, 1.807) is 0 Å². The molecule has 0 spiro atoms. The lowest BCUT2D eigenvalue weighted by Crippen LogP contribution is -2.15. The molecular weight excluding hydrogens is 372 g/mol. The molecule has 4 aromatic carbocycles. The van der Waals surface area contributed by atoms with Crippen molar-refractivity contribution >= 4 is 33.1 Å². The molecule has 29 heavy (non-hydrogen) atoms. The third-order valence-electron chi connectivity index (χ3n) is 5.76. The first-order valence-corrected chi connectivity index (χ1v) is 10.7. The van der Waals surface area contributed by atoms with Crippen LogP contribution in [0.4, 0.5) is 0 Å². The summed E-state index contributed by atoms with van der Waals surface area (Å²) in [6.07, 6.45) is 0. The Kier molecular flexibility index (Phi) is 4.74. The van der Waals surface area contributed by atoms with Crippen LogP contribution < -0.4 is 0 Å². The molecule has 1 heteroatoms. The predicted octanol–water partition coefficient (Wildman–Crippen LogP) is 8.91. The monoisotopic (exact) mass is 400 g/mol. The predicted molar refractivity (Wildman–Crippen MR) is 129 cm³/mol. The SMILES string of the molecule is CC(C)(C)c1c(-c2cc(C(C)(C)C)c3ccccc3c2Cl)ccc2ccccc12. The first-order chi connectivity index (χ1) is 13.6. The third kappa shape index (κ3) is 3.45. The summed E-state index contributed by atoms with van der Waals surface area (Å²) in [5.74, 6) is 0. The zero-order chi connectivity index (χ0) is 21.0. The van der Waals surface area contributed by atoms with Gasteiger partial charge in [0.2, 0.25) is 0 Å². The van der Waals surface area contributed by atoms with E-state index in [9.17, 15) is 0 Å². The van der Waals surface area contributed by atoms with Crippen molar-refractivity contribution in [3.8, 4) is 11.1 Å². The molecule has 0 amide bonds. The van der Waals surface area contributed by atoms with E-state index in [2.05, 4.69) is 108 Å². The molecule has 0 aliphatic rings. The molecule has 4 rings (SSSR count). The summed E-state index contributed by atoms with van der Waals surface area (Å²) in [4.78, 5) is 0. The Morgan fingerprint density at radius 2 is 1.17 bits per heavy atom. The molecule has 4 aromatic rings. The second kappa shape index (κ2) is 6.89. The van der Waals surface area contributed by atoms with E-state index in [0.717, 1.165) is 16.0 Å². The largest absolute Gasteiger partial charge is 0.0830 e. The maximum atomic E-state index is 7.07. The first kappa shape index (κ1) is 20.0. The van der Waals surface area contributed by atoms with Crippen molar-refractivity contribution in [2.24, 2.45) is 0 Å². The van der Waals surface area contributed by atoms with Crippen LogP contribution in [0.5, 0.6) is 0 Å². The fraction of sp³-hybridized carbons (Fsp3) is 0.286. The molecule has 0 aliphatic heterocycles. The normalized spacial score (nSPS) is 12.7. The maximum Gasteiger partial charge on any atom is 0.0563 e. The number of rotatable bonds is 1. The Balaban J connectivity index is 2.16. The number of fused-ring (bicyclic) bond motifs is 2. The van der Waals surface area contributed by atoms with Gasteiger partial charge in [0.15, 0.2) is 0 Å². The van der Waals surface area contributed by atoms with Crippen LogP contribution in [0.1, 0.15) is 52.7 Å². The van der Waals surface area contributed by atoms with Crippen LogP contribution in [0, 0.1) is 0 Å². The fourth-order valence-corrected chi connectivity index (χ4v) is 4.78. The van der Waals surface area contributed by atoms with Gasteiger partial charge in [0.05, 0.1) is 5.02 Å². The second-order valence-electron chi connectivity index (χ2n) is 10.0. The smallest absolute Gasteiger partial charge is 0.0563 e. The van der Waals surface area contributed by atoms with Gasteiger partial charge in [-0.1, -0.05) is 114 Å². The highest BCUT2D eigenvalue weighted by atomic mass is 35.5. The molecule has 0 unspecified atom stereocenters. The summed E-state index contributed by atoms with van der Waals surface area (Å²) in [6, 6.07) is 24.0. The summed E-state index contributed by atoms with van der Waals surface area (Å²) < 4.78 is 0. The average Bonchev–Trinajstić information content (AvgIpc) is 2.66. The van der Waals surface area contributed by atoms with E-state index in [0.29, 0.717) is 0 Å². The average molecular weight is 401 g/mol. The summed E-state index contributed by atoms with van der Waals surface area (Å²) in [5, 5.41) is 5.79. The standard InChI is InChI=1S/C28H29Cl/c1-27(2,3)24-17-23(26(29)22-14-10-9-13-20(22)24)21-16-15-18-11-7-8-12-19(18)25(21)28(4,5)6/h7-17H,1-6H3. The van der Waals surface area contributed by atoms with Crippen molar-refractivity contribution in [2.75, 3.05) is 0 Å². The van der Waals surface area contributed by atoms with Crippen molar-refractivity contribution in [1.29, 1.82) is 0 Å². The van der Waals surface area contributed by atoms with Gasteiger partial charge in [0.25, 0.3) is 0 Å². The van der Waals surface area contributed by atoms with Gasteiger partial charge in [-0.15, -0.1) is 0 Å². The number of hydrogen-bond acceptors (Lipinski definition) is 0. The topological polar surface area (TPSA) is 0 Å². The molecule has 0 radical (unpaired) electrons. The van der Waals surface area contributed by atoms with Crippen LogP contribution in [-0.4, -0.2) is 0 Å². The first-order valence-electron chi connectivity index (χ1n) is 10.3. The van der Waals surface area contributed by atoms with Crippen molar-refractivity contribution in [2.45, 2.75) is 52.4 Å².